The molecule has 0 aliphatic heterocycles. The van der Waals surface area contributed by atoms with Crippen LogP contribution in [0.2, 0.25) is 5.02 Å². The van der Waals surface area contributed by atoms with Crippen molar-refractivity contribution in [3.05, 3.63) is 57.3 Å². The molecule has 130 valence electrons. The van der Waals surface area contributed by atoms with Crippen LogP contribution in [0.3, 0.4) is 0 Å². The average Bonchev–Trinajstić information content (AvgIpc) is 2.98. The number of carbonyl (C=O) groups is 1. The molecule has 0 aliphatic rings. The lowest BCUT2D eigenvalue weighted by molar-refractivity contribution is -0.137. The number of nitrogens with zero attached hydrogens (tertiary/aromatic N) is 1. The second-order valence-corrected chi connectivity index (χ2v) is 6.34. The third-order valence-corrected chi connectivity index (χ3v) is 4.41. The Balaban J connectivity index is 1.83. The highest BCUT2D eigenvalue weighted by atomic mass is 79.9. The minimum absolute atomic E-state index is 0.0766. The number of benzene rings is 1. The molecule has 0 radical (unpaired) electrons. The van der Waals surface area contributed by atoms with Gasteiger partial charge in [-0.05, 0) is 40.2 Å². The Labute approximate surface area is 153 Å². The van der Waals surface area contributed by atoms with Crippen LogP contribution in [0.1, 0.15) is 15.9 Å². The molecule has 2 aromatic heterocycles. The molecule has 0 saturated carbocycles. The summed E-state index contributed by atoms with van der Waals surface area (Å²) in [6.45, 7) is -0.446. The number of alkyl halides is 3. The number of hydrogen-bond acceptors (Lipinski definition) is 3. The molecular weight excluding hydrogens is 425 g/mol. The van der Waals surface area contributed by atoms with Crippen molar-refractivity contribution in [2.75, 3.05) is 6.61 Å². The van der Waals surface area contributed by atoms with Gasteiger partial charge in [-0.1, -0.05) is 11.6 Å². The van der Waals surface area contributed by atoms with Crippen LogP contribution in [0.5, 0.6) is 5.75 Å². The number of aromatic amines is 1. The Kier molecular flexibility index (Phi) is 4.75. The van der Waals surface area contributed by atoms with Crippen molar-refractivity contribution in [2.45, 2.75) is 6.18 Å². The summed E-state index contributed by atoms with van der Waals surface area (Å²) < 4.78 is 43.9. The fraction of sp³-hybridized carbons (Fsp3) is 0.125. The predicted molar refractivity (Wildman–Crippen MR) is 90.1 cm³/mol. The number of ether oxygens (including phenoxy) is 1. The maximum atomic E-state index is 12.8. The highest BCUT2D eigenvalue weighted by molar-refractivity contribution is 9.10. The number of H-pyrrole nitrogens is 1. The van der Waals surface area contributed by atoms with Crippen molar-refractivity contribution in [3.63, 3.8) is 0 Å². The third kappa shape index (κ3) is 3.64. The van der Waals surface area contributed by atoms with Crippen LogP contribution < -0.4 is 4.74 Å². The summed E-state index contributed by atoms with van der Waals surface area (Å²) in [7, 11) is 0. The summed E-state index contributed by atoms with van der Waals surface area (Å²) in [6, 6.07) is 4.51. The molecule has 0 unspecified atom stereocenters. The molecule has 0 spiro atoms. The summed E-state index contributed by atoms with van der Waals surface area (Å²) in [5.41, 5.74) is -0.162. The van der Waals surface area contributed by atoms with Gasteiger partial charge in [0, 0.05) is 23.3 Å². The van der Waals surface area contributed by atoms with E-state index in [0.29, 0.717) is 20.5 Å². The van der Waals surface area contributed by atoms with Gasteiger partial charge in [0.05, 0.1) is 15.1 Å². The average molecular weight is 434 g/mol. The van der Waals surface area contributed by atoms with Gasteiger partial charge in [-0.2, -0.15) is 13.2 Å². The summed E-state index contributed by atoms with van der Waals surface area (Å²) in [5.74, 6) is -0.516. The zero-order valence-electron chi connectivity index (χ0n) is 12.3. The number of nitrogens with one attached hydrogen (secondary N) is 1. The van der Waals surface area contributed by atoms with E-state index in [2.05, 4.69) is 25.9 Å². The van der Waals surface area contributed by atoms with Gasteiger partial charge in [-0.25, -0.2) is 4.98 Å². The molecular formula is C16H9BrClF3N2O2. The lowest BCUT2D eigenvalue weighted by Gasteiger charge is -2.11. The van der Waals surface area contributed by atoms with Gasteiger partial charge in [0.2, 0.25) is 5.78 Å². The standard InChI is InChI=1S/C16H9BrClF3N2O2/c17-10-2-1-8(16(19,20)21)5-13(10)25-7-12(24)9-6-23-15-14(9)11(18)3-4-22-15/h1-6H,7H2,(H,22,23). The van der Waals surface area contributed by atoms with E-state index in [9.17, 15) is 18.0 Å². The first-order valence-corrected chi connectivity index (χ1v) is 8.09. The van der Waals surface area contributed by atoms with Crippen molar-refractivity contribution < 1.29 is 22.7 Å². The van der Waals surface area contributed by atoms with E-state index >= 15 is 0 Å². The first-order valence-electron chi connectivity index (χ1n) is 6.91. The molecule has 2 heterocycles. The first kappa shape index (κ1) is 17.8. The topological polar surface area (TPSA) is 55.0 Å². The smallest absolute Gasteiger partial charge is 0.416 e. The van der Waals surface area contributed by atoms with E-state index in [4.69, 9.17) is 16.3 Å². The number of halogens is 5. The fourth-order valence-corrected chi connectivity index (χ4v) is 2.86. The predicted octanol–water partition coefficient (Wildman–Crippen LogP) is 5.26. The second kappa shape index (κ2) is 6.68. The summed E-state index contributed by atoms with van der Waals surface area (Å²) >= 11 is 9.18. The first-order chi connectivity index (χ1) is 11.8. The van der Waals surface area contributed by atoms with E-state index in [1.165, 1.54) is 18.5 Å². The Bertz CT molecular complexity index is 956. The summed E-state index contributed by atoms with van der Waals surface area (Å²) in [4.78, 5) is 19.2. The van der Waals surface area contributed by atoms with Gasteiger partial charge in [-0.15, -0.1) is 0 Å². The number of Topliss-reactive ketones (excluding diaryl/α,β-unsaturated/α-hetero) is 1. The Morgan fingerprint density at radius 3 is 2.80 bits per heavy atom. The molecule has 0 bridgehead atoms. The maximum absolute atomic E-state index is 12.8. The van der Waals surface area contributed by atoms with Gasteiger partial charge in [-0.3, -0.25) is 4.79 Å². The molecule has 0 amide bonds. The molecule has 25 heavy (non-hydrogen) atoms. The van der Waals surface area contributed by atoms with Crippen molar-refractivity contribution in [2.24, 2.45) is 0 Å². The van der Waals surface area contributed by atoms with Crippen molar-refractivity contribution in [1.82, 2.24) is 9.97 Å². The summed E-state index contributed by atoms with van der Waals surface area (Å²) in [5, 5.41) is 0.788. The lowest BCUT2D eigenvalue weighted by Crippen LogP contribution is -2.12. The monoisotopic (exact) mass is 432 g/mol. The van der Waals surface area contributed by atoms with Gasteiger partial charge >= 0.3 is 6.18 Å². The number of pyridine rings is 1. The van der Waals surface area contributed by atoms with E-state index in [0.717, 1.165) is 12.1 Å². The van der Waals surface area contributed by atoms with E-state index < -0.39 is 24.1 Å². The lowest BCUT2D eigenvalue weighted by atomic mass is 10.1. The van der Waals surface area contributed by atoms with Crippen molar-refractivity contribution >= 4 is 44.3 Å². The maximum Gasteiger partial charge on any atom is 0.416 e. The summed E-state index contributed by atoms with van der Waals surface area (Å²) in [6.07, 6.45) is -1.57. The highest BCUT2D eigenvalue weighted by Gasteiger charge is 2.31. The third-order valence-electron chi connectivity index (χ3n) is 3.44. The molecule has 3 rings (SSSR count). The molecule has 3 aromatic rings. The number of carbonyl (C=O) groups excluding carboxylic acids is 1. The Morgan fingerprint density at radius 2 is 2.08 bits per heavy atom. The largest absolute Gasteiger partial charge is 0.484 e. The number of hydrogen-bond donors (Lipinski definition) is 1. The molecule has 1 N–H and O–H groups in total. The van der Waals surface area contributed by atoms with Crippen LogP contribution in [0.15, 0.2) is 41.1 Å². The fourth-order valence-electron chi connectivity index (χ4n) is 2.25. The number of ketones is 1. The Hall–Kier alpha value is -2.06. The van der Waals surface area contributed by atoms with E-state index in [1.807, 2.05) is 0 Å². The minimum atomic E-state index is -4.50. The SMILES string of the molecule is O=C(COc1cc(C(F)(F)F)ccc1Br)c1c[nH]c2nccc(Cl)c12. The van der Waals surface area contributed by atoms with E-state index in [1.54, 1.807) is 6.07 Å². The zero-order valence-corrected chi connectivity index (χ0v) is 14.7. The highest BCUT2D eigenvalue weighted by Crippen LogP contribution is 2.35. The van der Waals surface area contributed by atoms with Crippen LogP contribution in [-0.4, -0.2) is 22.4 Å². The van der Waals surface area contributed by atoms with Crippen LogP contribution in [0, 0.1) is 0 Å². The van der Waals surface area contributed by atoms with Crippen LogP contribution in [-0.2, 0) is 6.18 Å². The van der Waals surface area contributed by atoms with Crippen LogP contribution >= 0.6 is 27.5 Å². The van der Waals surface area contributed by atoms with Crippen molar-refractivity contribution in [1.29, 1.82) is 0 Å². The molecule has 0 saturated heterocycles. The van der Waals surface area contributed by atoms with E-state index in [-0.39, 0.29) is 11.3 Å². The molecule has 1 aromatic carbocycles. The quantitative estimate of drug-likeness (QED) is 0.571. The van der Waals surface area contributed by atoms with Gasteiger partial charge in [0.1, 0.15) is 11.4 Å². The van der Waals surface area contributed by atoms with Crippen LogP contribution in [0.25, 0.3) is 11.0 Å². The van der Waals surface area contributed by atoms with Crippen molar-refractivity contribution in [3.8, 4) is 5.75 Å². The number of fused-ring (bicyclic) bond motifs is 1. The Morgan fingerprint density at radius 1 is 1.32 bits per heavy atom. The second-order valence-electron chi connectivity index (χ2n) is 5.07. The number of rotatable bonds is 4. The zero-order chi connectivity index (χ0) is 18.2. The molecule has 9 heteroatoms. The molecule has 4 nitrogen and oxygen atoms in total. The molecule has 0 aliphatic carbocycles. The molecule has 0 fully saturated rings. The van der Waals surface area contributed by atoms with Gasteiger partial charge in [0.25, 0.3) is 0 Å². The van der Waals surface area contributed by atoms with Gasteiger partial charge < -0.3 is 9.72 Å². The molecule has 0 atom stereocenters. The minimum Gasteiger partial charge on any atom is -0.484 e. The van der Waals surface area contributed by atoms with Gasteiger partial charge in [0.15, 0.2) is 6.61 Å². The normalized spacial score (nSPS) is 11.7. The van der Waals surface area contributed by atoms with Crippen LogP contribution in [0.4, 0.5) is 13.2 Å². The number of aromatic nitrogens is 2.